The second-order valence-corrected chi connectivity index (χ2v) is 9.10. The van der Waals surface area contributed by atoms with Crippen LogP contribution >= 0.6 is 12.0 Å². The van der Waals surface area contributed by atoms with Crippen LogP contribution in [0.4, 0.5) is 0 Å². The van der Waals surface area contributed by atoms with Gasteiger partial charge in [0.15, 0.2) is 0 Å². The molecule has 6 heteroatoms. The average molecular weight is 332 g/mol. The SMILES string of the molecule is CC(C)(C)c1cc(CSOS(=O)(=O)O)cc(C(C)(C)C)c1. The van der Waals surface area contributed by atoms with Crippen molar-refractivity contribution in [2.45, 2.75) is 58.1 Å². The normalized spacial score (nSPS) is 13.5. The molecule has 0 heterocycles. The molecule has 0 saturated carbocycles. The van der Waals surface area contributed by atoms with Crippen LogP contribution in [0.1, 0.15) is 58.2 Å². The van der Waals surface area contributed by atoms with E-state index in [9.17, 15) is 8.42 Å². The lowest BCUT2D eigenvalue weighted by atomic mass is 9.80. The number of rotatable bonds is 4. The molecule has 1 N–H and O–H groups in total. The van der Waals surface area contributed by atoms with Crippen LogP contribution in [0.25, 0.3) is 0 Å². The van der Waals surface area contributed by atoms with E-state index in [0.717, 1.165) is 5.56 Å². The Kier molecular flexibility index (Phi) is 5.53. The van der Waals surface area contributed by atoms with Gasteiger partial charge in [-0.05, 0) is 27.5 Å². The summed E-state index contributed by atoms with van der Waals surface area (Å²) in [5.41, 5.74) is 3.37. The van der Waals surface area contributed by atoms with Crippen LogP contribution in [-0.4, -0.2) is 13.0 Å². The van der Waals surface area contributed by atoms with Crippen molar-refractivity contribution in [2.24, 2.45) is 0 Å². The fourth-order valence-corrected chi connectivity index (χ4v) is 2.78. The Hall–Kier alpha value is -0.560. The van der Waals surface area contributed by atoms with Gasteiger partial charge in [-0.15, -0.1) is 0 Å². The zero-order valence-electron chi connectivity index (χ0n) is 13.4. The molecule has 0 saturated heterocycles. The van der Waals surface area contributed by atoms with Gasteiger partial charge in [0.1, 0.15) is 0 Å². The highest BCUT2D eigenvalue weighted by Gasteiger charge is 2.20. The molecule has 0 amide bonds. The van der Waals surface area contributed by atoms with Gasteiger partial charge in [-0.1, -0.05) is 59.7 Å². The van der Waals surface area contributed by atoms with E-state index in [1.165, 1.54) is 11.1 Å². The Morgan fingerprint density at radius 2 is 1.43 bits per heavy atom. The van der Waals surface area contributed by atoms with Crippen molar-refractivity contribution in [3.63, 3.8) is 0 Å². The molecule has 0 unspecified atom stereocenters. The molecule has 0 aliphatic heterocycles. The summed E-state index contributed by atoms with van der Waals surface area (Å²) in [6.45, 7) is 12.8. The third kappa shape index (κ3) is 6.38. The predicted molar refractivity (Wildman–Crippen MR) is 87.8 cm³/mol. The summed E-state index contributed by atoms with van der Waals surface area (Å²) in [4.78, 5) is 0. The first kappa shape index (κ1) is 18.5. The molecule has 0 atom stereocenters. The van der Waals surface area contributed by atoms with Crippen LogP contribution in [0.3, 0.4) is 0 Å². The molecular formula is C15H24O4S2. The van der Waals surface area contributed by atoms with Gasteiger partial charge in [-0.3, -0.25) is 4.55 Å². The topological polar surface area (TPSA) is 63.6 Å². The van der Waals surface area contributed by atoms with Crippen LogP contribution in [0.5, 0.6) is 0 Å². The van der Waals surface area contributed by atoms with E-state index < -0.39 is 10.4 Å². The summed E-state index contributed by atoms with van der Waals surface area (Å²) >= 11 is 0.714. The van der Waals surface area contributed by atoms with E-state index in [2.05, 4.69) is 63.4 Å². The Balaban J connectivity index is 3.08. The molecule has 0 aromatic heterocycles. The first-order valence-corrected chi connectivity index (χ1v) is 9.00. The second-order valence-electron chi connectivity index (χ2n) is 7.18. The van der Waals surface area contributed by atoms with Crippen LogP contribution in [-0.2, 0) is 30.6 Å². The van der Waals surface area contributed by atoms with Gasteiger partial charge in [0.25, 0.3) is 0 Å². The van der Waals surface area contributed by atoms with Gasteiger partial charge in [0.05, 0.1) is 0 Å². The summed E-state index contributed by atoms with van der Waals surface area (Å²) in [6, 6.07) is 6.29. The minimum atomic E-state index is -4.41. The van der Waals surface area contributed by atoms with Crippen LogP contribution in [0.15, 0.2) is 18.2 Å². The van der Waals surface area contributed by atoms with Gasteiger partial charge >= 0.3 is 10.4 Å². The van der Waals surface area contributed by atoms with Gasteiger partial charge in [-0.25, -0.2) is 0 Å². The van der Waals surface area contributed by atoms with Crippen molar-refractivity contribution in [1.29, 1.82) is 0 Å². The fraction of sp³-hybridized carbons (Fsp3) is 0.600. The van der Waals surface area contributed by atoms with E-state index in [4.69, 9.17) is 4.55 Å². The van der Waals surface area contributed by atoms with Crippen LogP contribution < -0.4 is 0 Å². The molecule has 120 valence electrons. The standard InChI is InChI=1S/C15H24O4S2/c1-14(2,3)12-7-11(10-20-19-21(16,17)18)8-13(9-12)15(4,5)6/h7-9H,10H2,1-6H3,(H,16,17,18). The zero-order chi connectivity index (χ0) is 16.5. The Bertz CT molecular complexity index is 561. The fourth-order valence-electron chi connectivity index (χ4n) is 1.79. The highest BCUT2D eigenvalue weighted by molar-refractivity contribution is 8.02. The highest BCUT2D eigenvalue weighted by Crippen LogP contribution is 2.31. The molecule has 1 aromatic carbocycles. The first-order valence-electron chi connectivity index (χ1n) is 6.72. The van der Waals surface area contributed by atoms with Crippen molar-refractivity contribution < 1.29 is 16.6 Å². The summed E-state index contributed by atoms with van der Waals surface area (Å²) < 4.78 is 34.1. The molecule has 0 radical (unpaired) electrons. The monoisotopic (exact) mass is 332 g/mol. The molecule has 0 spiro atoms. The van der Waals surface area contributed by atoms with Crippen LogP contribution in [0, 0.1) is 0 Å². The molecule has 21 heavy (non-hydrogen) atoms. The van der Waals surface area contributed by atoms with Gasteiger partial charge < -0.3 is 0 Å². The van der Waals surface area contributed by atoms with E-state index in [-0.39, 0.29) is 10.8 Å². The van der Waals surface area contributed by atoms with Crippen molar-refractivity contribution >= 4 is 22.4 Å². The summed E-state index contributed by atoms with van der Waals surface area (Å²) in [7, 11) is -4.41. The quantitative estimate of drug-likeness (QED) is 0.659. The number of hydrogen-bond donors (Lipinski definition) is 1. The maximum absolute atomic E-state index is 10.6. The Morgan fingerprint density at radius 3 is 1.76 bits per heavy atom. The van der Waals surface area contributed by atoms with E-state index in [0.29, 0.717) is 17.8 Å². The number of benzene rings is 1. The van der Waals surface area contributed by atoms with E-state index >= 15 is 0 Å². The molecular weight excluding hydrogens is 308 g/mol. The van der Waals surface area contributed by atoms with Crippen molar-refractivity contribution in [3.8, 4) is 0 Å². The Morgan fingerprint density at radius 1 is 1.00 bits per heavy atom. The molecule has 1 rings (SSSR count). The van der Waals surface area contributed by atoms with E-state index in [1.807, 2.05) is 0 Å². The molecule has 0 bridgehead atoms. The predicted octanol–water partition coefficient (Wildman–Crippen LogP) is 4.25. The molecule has 0 fully saturated rings. The molecule has 0 aliphatic carbocycles. The van der Waals surface area contributed by atoms with Crippen LogP contribution in [0.2, 0.25) is 0 Å². The van der Waals surface area contributed by atoms with Gasteiger partial charge in [-0.2, -0.15) is 12.0 Å². The lowest BCUT2D eigenvalue weighted by Gasteiger charge is -2.26. The first-order chi connectivity index (χ1) is 9.29. The summed E-state index contributed by atoms with van der Waals surface area (Å²) in [5.74, 6) is 0.354. The summed E-state index contributed by atoms with van der Waals surface area (Å²) in [5, 5.41) is 0. The van der Waals surface area contributed by atoms with Gasteiger partial charge in [0, 0.05) is 17.8 Å². The van der Waals surface area contributed by atoms with E-state index in [1.54, 1.807) is 0 Å². The van der Waals surface area contributed by atoms with Crippen molar-refractivity contribution in [2.75, 3.05) is 0 Å². The van der Waals surface area contributed by atoms with Crippen molar-refractivity contribution in [3.05, 3.63) is 34.9 Å². The third-order valence-corrected chi connectivity index (χ3v) is 4.61. The summed E-state index contributed by atoms with van der Waals surface area (Å²) in [6.07, 6.45) is 0. The second kappa shape index (κ2) is 6.28. The lowest BCUT2D eigenvalue weighted by Crippen LogP contribution is -2.17. The molecule has 0 aliphatic rings. The lowest BCUT2D eigenvalue weighted by molar-refractivity contribution is 0.407. The van der Waals surface area contributed by atoms with Gasteiger partial charge in [0.2, 0.25) is 0 Å². The Labute approximate surface area is 132 Å². The largest absolute Gasteiger partial charge is 0.408 e. The minimum absolute atomic E-state index is 0.00455. The molecule has 1 aromatic rings. The minimum Gasteiger partial charge on any atom is -0.263 e. The number of hydrogen-bond acceptors (Lipinski definition) is 4. The smallest absolute Gasteiger partial charge is 0.263 e. The average Bonchev–Trinajstić information content (AvgIpc) is 2.24. The maximum Gasteiger partial charge on any atom is 0.408 e. The molecule has 4 nitrogen and oxygen atoms in total. The maximum atomic E-state index is 10.6. The zero-order valence-corrected chi connectivity index (χ0v) is 15.1. The third-order valence-electron chi connectivity index (χ3n) is 3.08. The highest BCUT2D eigenvalue weighted by atomic mass is 32.3. The van der Waals surface area contributed by atoms with Crippen molar-refractivity contribution in [1.82, 2.24) is 0 Å².